The van der Waals surface area contributed by atoms with Gasteiger partial charge in [0.1, 0.15) is 0 Å². The molecule has 2 heterocycles. The van der Waals surface area contributed by atoms with Crippen LogP contribution < -0.4 is 10.6 Å². The molecule has 0 fully saturated rings. The standard InChI is InChI=1S/C23H23ClN4S/c1-3-4-13-28-21-10-9-18(14-20(21)19-11-12-25-15(2)22(19)28)27-23(29)26-17-7-5-16(24)6-8-17/h5-12,14H,3-4,13H2,1-2H3,(H2,26,27,29). The molecule has 0 aliphatic carbocycles. The van der Waals surface area contributed by atoms with Gasteiger partial charge in [-0.2, -0.15) is 0 Å². The van der Waals surface area contributed by atoms with Crippen molar-refractivity contribution in [3.05, 3.63) is 65.4 Å². The average Bonchev–Trinajstić information content (AvgIpc) is 3.02. The number of halogens is 1. The van der Waals surface area contributed by atoms with E-state index in [9.17, 15) is 0 Å². The third-order valence-electron chi connectivity index (χ3n) is 5.05. The van der Waals surface area contributed by atoms with Crippen molar-refractivity contribution in [3.8, 4) is 0 Å². The molecular weight excluding hydrogens is 400 g/mol. The van der Waals surface area contributed by atoms with E-state index in [2.05, 4.69) is 58.3 Å². The predicted molar refractivity (Wildman–Crippen MR) is 128 cm³/mol. The Morgan fingerprint density at radius 3 is 2.52 bits per heavy atom. The number of hydrogen-bond acceptors (Lipinski definition) is 2. The summed E-state index contributed by atoms with van der Waals surface area (Å²) in [4.78, 5) is 4.52. The van der Waals surface area contributed by atoms with Crippen LogP contribution in [-0.2, 0) is 6.54 Å². The van der Waals surface area contributed by atoms with Crippen molar-refractivity contribution in [2.75, 3.05) is 10.6 Å². The van der Waals surface area contributed by atoms with Crippen LogP contribution in [0, 0.1) is 6.92 Å². The number of hydrogen-bond donors (Lipinski definition) is 2. The Kier molecular flexibility index (Phi) is 5.69. The molecule has 4 rings (SSSR count). The van der Waals surface area contributed by atoms with Crippen LogP contribution in [0.15, 0.2) is 54.7 Å². The van der Waals surface area contributed by atoms with Crippen LogP contribution >= 0.6 is 23.8 Å². The normalized spacial score (nSPS) is 11.1. The first kappa shape index (κ1) is 19.7. The minimum atomic E-state index is 0.541. The maximum Gasteiger partial charge on any atom is 0.175 e. The van der Waals surface area contributed by atoms with Crippen molar-refractivity contribution < 1.29 is 0 Å². The van der Waals surface area contributed by atoms with Gasteiger partial charge in [0.2, 0.25) is 0 Å². The number of thiocarbonyl (C=S) groups is 1. The van der Waals surface area contributed by atoms with Gasteiger partial charge in [0.05, 0.1) is 11.2 Å². The van der Waals surface area contributed by atoms with E-state index in [0.717, 1.165) is 36.5 Å². The summed E-state index contributed by atoms with van der Waals surface area (Å²) >= 11 is 11.4. The fourth-order valence-corrected chi connectivity index (χ4v) is 4.04. The lowest BCUT2D eigenvalue weighted by Crippen LogP contribution is -2.18. The van der Waals surface area contributed by atoms with Crippen molar-refractivity contribution in [3.63, 3.8) is 0 Å². The van der Waals surface area contributed by atoms with E-state index in [1.54, 1.807) is 0 Å². The molecular formula is C23H23ClN4S. The van der Waals surface area contributed by atoms with E-state index in [0.29, 0.717) is 10.1 Å². The number of pyridine rings is 1. The quantitative estimate of drug-likeness (QED) is 0.348. The zero-order valence-electron chi connectivity index (χ0n) is 16.5. The van der Waals surface area contributed by atoms with Gasteiger partial charge in [-0.25, -0.2) is 0 Å². The van der Waals surface area contributed by atoms with Gasteiger partial charge < -0.3 is 15.2 Å². The maximum atomic E-state index is 5.94. The minimum Gasteiger partial charge on any atom is -0.339 e. The number of aromatic nitrogens is 2. The number of fused-ring (bicyclic) bond motifs is 3. The van der Waals surface area contributed by atoms with Crippen LogP contribution in [-0.4, -0.2) is 14.7 Å². The number of rotatable bonds is 5. The van der Waals surface area contributed by atoms with E-state index in [-0.39, 0.29) is 0 Å². The Balaban J connectivity index is 1.66. The predicted octanol–water partition coefficient (Wildman–Crippen LogP) is 6.76. The first-order valence-electron chi connectivity index (χ1n) is 9.78. The molecule has 0 saturated carbocycles. The second-order valence-electron chi connectivity index (χ2n) is 7.12. The highest BCUT2D eigenvalue weighted by molar-refractivity contribution is 7.80. The lowest BCUT2D eigenvalue weighted by Gasteiger charge is -2.11. The second kappa shape index (κ2) is 8.39. The van der Waals surface area contributed by atoms with Crippen LogP contribution in [0.5, 0.6) is 0 Å². The van der Waals surface area contributed by atoms with Crippen molar-refractivity contribution in [2.24, 2.45) is 0 Å². The molecule has 0 spiro atoms. The van der Waals surface area contributed by atoms with Crippen LogP contribution in [0.2, 0.25) is 5.02 Å². The van der Waals surface area contributed by atoms with E-state index >= 15 is 0 Å². The highest BCUT2D eigenvalue weighted by Gasteiger charge is 2.13. The van der Waals surface area contributed by atoms with Crippen molar-refractivity contribution in [1.82, 2.24) is 9.55 Å². The molecule has 0 atom stereocenters. The first-order chi connectivity index (χ1) is 14.1. The Morgan fingerprint density at radius 1 is 1.03 bits per heavy atom. The fourth-order valence-electron chi connectivity index (χ4n) is 3.68. The molecule has 4 aromatic rings. The van der Waals surface area contributed by atoms with E-state index in [1.807, 2.05) is 30.5 Å². The average molecular weight is 423 g/mol. The summed E-state index contributed by atoms with van der Waals surface area (Å²) < 4.78 is 2.39. The number of benzene rings is 2. The van der Waals surface area contributed by atoms with Crippen LogP contribution in [0.25, 0.3) is 21.8 Å². The summed E-state index contributed by atoms with van der Waals surface area (Å²) in [5.74, 6) is 0. The molecule has 0 bridgehead atoms. The number of anilines is 2. The molecule has 4 nitrogen and oxygen atoms in total. The van der Waals surface area contributed by atoms with Gasteiger partial charge in [-0.15, -0.1) is 0 Å². The summed E-state index contributed by atoms with van der Waals surface area (Å²) in [5.41, 5.74) is 5.35. The van der Waals surface area contributed by atoms with Gasteiger partial charge in [-0.1, -0.05) is 24.9 Å². The van der Waals surface area contributed by atoms with Crippen molar-refractivity contribution in [2.45, 2.75) is 33.2 Å². The van der Waals surface area contributed by atoms with Crippen LogP contribution in [0.3, 0.4) is 0 Å². The van der Waals surface area contributed by atoms with Gasteiger partial charge in [0.15, 0.2) is 5.11 Å². The zero-order valence-corrected chi connectivity index (χ0v) is 18.1. The summed E-state index contributed by atoms with van der Waals surface area (Å²) in [6.45, 7) is 5.29. The number of unbranched alkanes of at least 4 members (excludes halogenated alkanes) is 1. The largest absolute Gasteiger partial charge is 0.339 e. The van der Waals surface area contributed by atoms with Gasteiger partial charge in [-0.05, 0) is 74.1 Å². The summed E-state index contributed by atoms with van der Waals surface area (Å²) in [7, 11) is 0. The number of nitrogens with one attached hydrogen (secondary N) is 2. The smallest absolute Gasteiger partial charge is 0.175 e. The second-order valence-corrected chi connectivity index (χ2v) is 7.96. The molecule has 2 N–H and O–H groups in total. The molecule has 0 aliphatic heterocycles. The Labute approximate surface area is 180 Å². The molecule has 148 valence electrons. The Bertz CT molecular complexity index is 1180. The zero-order chi connectivity index (χ0) is 20.4. The van der Waals surface area contributed by atoms with E-state index in [4.69, 9.17) is 23.8 Å². The molecule has 2 aromatic heterocycles. The monoisotopic (exact) mass is 422 g/mol. The molecule has 6 heteroatoms. The first-order valence-corrected chi connectivity index (χ1v) is 10.6. The molecule has 29 heavy (non-hydrogen) atoms. The minimum absolute atomic E-state index is 0.541. The lowest BCUT2D eigenvalue weighted by atomic mass is 10.1. The van der Waals surface area contributed by atoms with Crippen LogP contribution in [0.4, 0.5) is 11.4 Å². The van der Waals surface area contributed by atoms with Gasteiger partial charge in [0, 0.05) is 45.4 Å². The van der Waals surface area contributed by atoms with Gasteiger partial charge in [-0.3, -0.25) is 4.98 Å². The molecule has 2 aromatic carbocycles. The molecule has 0 amide bonds. The number of nitrogens with zero attached hydrogens (tertiary/aromatic N) is 2. The van der Waals surface area contributed by atoms with E-state index < -0.39 is 0 Å². The van der Waals surface area contributed by atoms with Crippen molar-refractivity contribution >= 4 is 62.1 Å². The molecule has 0 unspecified atom stereocenters. The highest BCUT2D eigenvalue weighted by atomic mass is 35.5. The highest BCUT2D eigenvalue weighted by Crippen LogP contribution is 2.32. The molecule has 0 aliphatic rings. The van der Waals surface area contributed by atoms with Crippen LogP contribution in [0.1, 0.15) is 25.5 Å². The van der Waals surface area contributed by atoms with Gasteiger partial charge >= 0.3 is 0 Å². The maximum absolute atomic E-state index is 5.94. The fraction of sp³-hybridized carbons (Fsp3) is 0.217. The Morgan fingerprint density at radius 2 is 1.76 bits per heavy atom. The number of aryl methyl sites for hydroxylation is 2. The Hall–Kier alpha value is -2.63. The molecule has 0 radical (unpaired) electrons. The SMILES string of the molecule is CCCCn1c2ccc(NC(=S)Nc3ccc(Cl)cc3)cc2c2ccnc(C)c21. The summed E-state index contributed by atoms with van der Waals surface area (Å²) in [5, 5.41) is 10.2. The third-order valence-corrected chi connectivity index (χ3v) is 5.51. The van der Waals surface area contributed by atoms with Crippen molar-refractivity contribution in [1.29, 1.82) is 0 Å². The third kappa shape index (κ3) is 4.07. The lowest BCUT2D eigenvalue weighted by molar-refractivity contribution is 0.663. The van der Waals surface area contributed by atoms with E-state index in [1.165, 1.54) is 21.8 Å². The van der Waals surface area contributed by atoms with Gasteiger partial charge in [0.25, 0.3) is 0 Å². The molecule has 0 saturated heterocycles. The summed E-state index contributed by atoms with van der Waals surface area (Å²) in [6.07, 6.45) is 4.18. The topological polar surface area (TPSA) is 41.9 Å². The summed E-state index contributed by atoms with van der Waals surface area (Å²) in [6, 6.07) is 16.0.